The molecule has 0 radical (unpaired) electrons. The Kier molecular flexibility index (Phi) is 3.66. The van der Waals surface area contributed by atoms with E-state index in [0.29, 0.717) is 12.2 Å². The Morgan fingerprint density at radius 1 is 1.22 bits per heavy atom. The number of thioether (sulfide) groups is 1. The van der Waals surface area contributed by atoms with Gasteiger partial charge in [0.1, 0.15) is 11.7 Å². The van der Waals surface area contributed by atoms with E-state index in [1.807, 2.05) is 36.4 Å². The molecule has 0 saturated carbocycles. The van der Waals surface area contributed by atoms with Crippen LogP contribution in [0.15, 0.2) is 64.0 Å². The zero-order valence-electron chi connectivity index (χ0n) is 14.6. The first-order valence-corrected chi connectivity index (χ1v) is 9.55. The van der Waals surface area contributed by atoms with Gasteiger partial charge in [-0.05, 0) is 29.8 Å². The number of hydrogen-bond acceptors (Lipinski definition) is 6. The van der Waals surface area contributed by atoms with Crippen molar-refractivity contribution in [3.8, 4) is 11.8 Å². The molecule has 3 aliphatic rings. The summed E-state index contributed by atoms with van der Waals surface area (Å²) in [7, 11) is 1.64. The zero-order chi connectivity index (χ0) is 18.5. The molecule has 3 aliphatic heterocycles. The second kappa shape index (κ2) is 6.07. The van der Waals surface area contributed by atoms with Crippen molar-refractivity contribution in [2.75, 3.05) is 18.6 Å². The molecule has 0 amide bonds. The molecule has 27 heavy (non-hydrogen) atoms. The number of benzene rings is 2. The molecule has 0 bridgehead atoms. The summed E-state index contributed by atoms with van der Waals surface area (Å²) in [6, 6.07) is 18.3. The number of cyclic esters (lactones) is 1. The molecule has 134 valence electrons. The highest BCUT2D eigenvalue weighted by molar-refractivity contribution is 8.03. The summed E-state index contributed by atoms with van der Waals surface area (Å²) < 4.78 is 10.7. The van der Waals surface area contributed by atoms with Gasteiger partial charge in [-0.3, -0.25) is 4.79 Å². The van der Waals surface area contributed by atoms with Crippen molar-refractivity contribution >= 4 is 23.4 Å². The smallest absolute Gasteiger partial charge is 0.314 e. The van der Waals surface area contributed by atoms with E-state index in [9.17, 15) is 10.1 Å². The lowest BCUT2D eigenvalue weighted by molar-refractivity contribution is -0.140. The summed E-state index contributed by atoms with van der Waals surface area (Å²) in [6.07, 6.45) is 0. The summed E-state index contributed by atoms with van der Waals surface area (Å²) in [4.78, 5) is 15.8. The molecule has 2 aromatic rings. The van der Waals surface area contributed by atoms with Gasteiger partial charge in [0, 0.05) is 10.8 Å². The summed E-state index contributed by atoms with van der Waals surface area (Å²) in [5.41, 5.74) is 2.67. The minimum atomic E-state index is -0.504. The highest BCUT2D eigenvalue weighted by Crippen LogP contribution is 2.58. The standard InChI is InChI=1S/C21H16N2O3S/c1-25-13-8-6-12(7-9-13)19-15-11-26-21(24)18(15)14(10-22)20-23(19)16-4-2-3-5-17(16)27-20/h2-9,15,18-19H,11H2,1H3/t15-,18-,19-/m0/s1. The van der Waals surface area contributed by atoms with Gasteiger partial charge in [0.15, 0.2) is 0 Å². The molecule has 0 aliphatic carbocycles. The van der Waals surface area contributed by atoms with Crippen molar-refractivity contribution in [3.05, 3.63) is 64.7 Å². The van der Waals surface area contributed by atoms with Crippen LogP contribution in [0.25, 0.3) is 0 Å². The molecule has 0 N–H and O–H groups in total. The zero-order valence-corrected chi connectivity index (χ0v) is 15.4. The molecule has 3 atom stereocenters. The molecule has 1 fully saturated rings. The lowest BCUT2D eigenvalue weighted by Gasteiger charge is -2.40. The number of rotatable bonds is 2. The van der Waals surface area contributed by atoms with Gasteiger partial charge in [0.05, 0.1) is 42.1 Å². The van der Waals surface area contributed by atoms with Crippen molar-refractivity contribution in [2.45, 2.75) is 10.9 Å². The van der Waals surface area contributed by atoms with E-state index >= 15 is 0 Å². The molecule has 5 nitrogen and oxygen atoms in total. The number of para-hydroxylation sites is 1. The third-order valence-corrected chi connectivity index (χ3v) is 6.63. The molecule has 1 saturated heterocycles. The molecule has 0 aromatic heterocycles. The van der Waals surface area contributed by atoms with E-state index < -0.39 is 5.92 Å². The van der Waals surface area contributed by atoms with E-state index in [2.05, 4.69) is 23.1 Å². The summed E-state index contributed by atoms with van der Waals surface area (Å²) in [5.74, 6) is -0.112. The van der Waals surface area contributed by atoms with Crippen LogP contribution in [-0.2, 0) is 9.53 Å². The van der Waals surface area contributed by atoms with Crippen LogP contribution in [0.5, 0.6) is 5.75 Å². The van der Waals surface area contributed by atoms with E-state index in [1.54, 1.807) is 18.9 Å². The lowest BCUT2D eigenvalue weighted by atomic mass is 9.77. The van der Waals surface area contributed by atoms with Crippen LogP contribution < -0.4 is 9.64 Å². The number of ether oxygens (including phenoxy) is 2. The Hall–Kier alpha value is -2.91. The van der Waals surface area contributed by atoms with Crippen LogP contribution in [0.1, 0.15) is 11.6 Å². The first kappa shape index (κ1) is 16.3. The summed E-state index contributed by atoms with van der Waals surface area (Å²) in [6.45, 7) is 0.321. The normalized spacial score (nSPS) is 25.4. The van der Waals surface area contributed by atoms with Gasteiger partial charge in [0.25, 0.3) is 0 Å². The Morgan fingerprint density at radius 3 is 2.74 bits per heavy atom. The topological polar surface area (TPSA) is 62.6 Å². The SMILES string of the molecule is COc1ccc([C@H]2[C@H]3COC(=O)[C@H]3C(C#N)=C3Sc4ccccc4N32)cc1. The van der Waals surface area contributed by atoms with E-state index in [4.69, 9.17) is 9.47 Å². The number of fused-ring (bicyclic) bond motifs is 4. The highest BCUT2D eigenvalue weighted by Gasteiger charge is 2.53. The number of nitrogens with zero attached hydrogens (tertiary/aromatic N) is 2. The third-order valence-electron chi connectivity index (χ3n) is 5.45. The van der Waals surface area contributed by atoms with E-state index in [0.717, 1.165) is 26.9 Å². The maximum Gasteiger partial charge on any atom is 0.314 e. The molecule has 2 aromatic carbocycles. The van der Waals surface area contributed by atoms with E-state index in [-0.39, 0.29) is 17.9 Å². The number of esters is 1. The second-order valence-electron chi connectivity index (χ2n) is 6.76. The average molecular weight is 376 g/mol. The number of nitriles is 1. The number of carbonyl (C=O) groups is 1. The summed E-state index contributed by atoms with van der Waals surface area (Å²) >= 11 is 1.56. The van der Waals surface area contributed by atoms with Gasteiger partial charge in [-0.2, -0.15) is 5.26 Å². The van der Waals surface area contributed by atoms with Crippen LogP contribution in [0, 0.1) is 23.2 Å². The Morgan fingerprint density at radius 2 is 2.00 bits per heavy atom. The Labute approximate surface area is 161 Å². The van der Waals surface area contributed by atoms with Crippen molar-refractivity contribution in [1.29, 1.82) is 5.26 Å². The maximum absolute atomic E-state index is 12.5. The fraction of sp³-hybridized carbons (Fsp3) is 0.238. The predicted octanol–water partition coefficient (Wildman–Crippen LogP) is 3.89. The van der Waals surface area contributed by atoms with E-state index in [1.165, 1.54) is 0 Å². The molecule has 0 spiro atoms. The Balaban J connectivity index is 1.72. The molecular weight excluding hydrogens is 360 g/mol. The molecule has 5 rings (SSSR count). The quantitative estimate of drug-likeness (QED) is 0.741. The molecular formula is C21H16N2O3S. The minimum Gasteiger partial charge on any atom is -0.497 e. The molecule has 3 heterocycles. The van der Waals surface area contributed by atoms with Gasteiger partial charge in [0.2, 0.25) is 0 Å². The van der Waals surface area contributed by atoms with Crippen molar-refractivity contribution in [1.82, 2.24) is 0 Å². The van der Waals surface area contributed by atoms with Gasteiger partial charge in [-0.15, -0.1) is 0 Å². The first-order chi connectivity index (χ1) is 13.2. The fourth-order valence-electron chi connectivity index (χ4n) is 4.25. The van der Waals surface area contributed by atoms with Crippen molar-refractivity contribution in [3.63, 3.8) is 0 Å². The number of carbonyl (C=O) groups excluding carboxylic acids is 1. The third kappa shape index (κ3) is 2.28. The number of methoxy groups -OCH3 is 1. The van der Waals surface area contributed by atoms with Gasteiger partial charge in [-0.25, -0.2) is 0 Å². The van der Waals surface area contributed by atoms with Crippen LogP contribution in [0.2, 0.25) is 0 Å². The van der Waals surface area contributed by atoms with Crippen molar-refractivity contribution in [2.24, 2.45) is 11.8 Å². The molecule has 6 heteroatoms. The van der Waals surface area contributed by atoms with Gasteiger partial charge in [-0.1, -0.05) is 36.0 Å². The fourth-order valence-corrected chi connectivity index (χ4v) is 5.47. The predicted molar refractivity (Wildman–Crippen MR) is 101 cm³/mol. The Bertz CT molecular complexity index is 1010. The number of anilines is 1. The average Bonchev–Trinajstić information content (AvgIpc) is 3.28. The van der Waals surface area contributed by atoms with Crippen LogP contribution in [0.3, 0.4) is 0 Å². The minimum absolute atomic E-state index is 0.0735. The lowest BCUT2D eigenvalue weighted by Crippen LogP contribution is -2.40. The van der Waals surface area contributed by atoms with Crippen molar-refractivity contribution < 1.29 is 14.3 Å². The monoisotopic (exact) mass is 376 g/mol. The first-order valence-electron chi connectivity index (χ1n) is 8.74. The second-order valence-corrected chi connectivity index (χ2v) is 7.79. The number of hydrogen-bond donors (Lipinski definition) is 0. The summed E-state index contributed by atoms with van der Waals surface area (Å²) in [5, 5.41) is 10.7. The van der Waals surface area contributed by atoms with Gasteiger partial charge < -0.3 is 14.4 Å². The largest absolute Gasteiger partial charge is 0.497 e. The van der Waals surface area contributed by atoms with Crippen LogP contribution in [0.4, 0.5) is 5.69 Å². The molecule has 0 unspecified atom stereocenters. The van der Waals surface area contributed by atoms with Crippen LogP contribution in [-0.4, -0.2) is 19.7 Å². The maximum atomic E-state index is 12.5. The van der Waals surface area contributed by atoms with Gasteiger partial charge >= 0.3 is 5.97 Å². The van der Waals surface area contributed by atoms with Crippen LogP contribution >= 0.6 is 11.8 Å². The highest BCUT2D eigenvalue weighted by atomic mass is 32.2.